The molecule has 1 aromatic carbocycles. The van der Waals surface area contributed by atoms with Crippen molar-refractivity contribution in [2.75, 3.05) is 62.9 Å². The van der Waals surface area contributed by atoms with Crippen molar-refractivity contribution >= 4 is 17.3 Å². The third-order valence-electron chi connectivity index (χ3n) is 7.11. The second kappa shape index (κ2) is 16.4. The molecule has 2 aliphatic rings. The lowest BCUT2D eigenvalue weighted by molar-refractivity contribution is 0.0317. The maximum atomic E-state index is 6.08. The molecule has 0 bridgehead atoms. The van der Waals surface area contributed by atoms with E-state index in [0.717, 1.165) is 96.0 Å². The van der Waals surface area contributed by atoms with E-state index in [0.29, 0.717) is 18.4 Å². The number of fused-ring (bicyclic) bond motifs is 1. The summed E-state index contributed by atoms with van der Waals surface area (Å²) in [5, 5.41) is 4.86. The molecule has 2 heterocycles. The number of hydrogen-bond acceptors (Lipinski definition) is 8. The number of aryl methyl sites for hydroxylation is 2. The van der Waals surface area contributed by atoms with Gasteiger partial charge in [-0.1, -0.05) is 45.7 Å². The molecule has 1 aromatic heterocycles. The zero-order valence-corrected chi connectivity index (χ0v) is 25.2. The van der Waals surface area contributed by atoms with E-state index < -0.39 is 0 Å². The molecule has 2 aromatic rings. The Morgan fingerprint density at radius 1 is 1.03 bits per heavy atom. The number of hydrazone groups is 1. The Morgan fingerprint density at radius 2 is 1.82 bits per heavy atom. The van der Waals surface area contributed by atoms with Crippen LogP contribution in [0.15, 0.2) is 23.3 Å². The fourth-order valence-electron chi connectivity index (χ4n) is 5.14. The van der Waals surface area contributed by atoms with Crippen molar-refractivity contribution in [1.29, 1.82) is 0 Å². The van der Waals surface area contributed by atoms with Crippen molar-refractivity contribution in [2.24, 2.45) is 5.10 Å². The quantitative estimate of drug-likeness (QED) is 0.332. The van der Waals surface area contributed by atoms with Crippen LogP contribution in [0, 0.1) is 13.8 Å². The van der Waals surface area contributed by atoms with Gasteiger partial charge >= 0.3 is 6.01 Å². The van der Waals surface area contributed by atoms with Crippen LogP contribution in [-0.4, -0.2) is 73.1 Å². The standard InChI is InChI=1S/C29H44N6O2.C2H6/c1-5-7-12-35(11-6-2)28-21-27(30-29(31-28)37-18-15-34-13-16-36-17-14-34)33-32-26-10-8-9-24-23(4)19-22(3)20-25(24)26;1-2/h19-21H,5-18H2,1-4H3,(H,30,31,33);1-2H3/b32-26+;. The first-order chi connectivity index (χ1) is 19.1. The van der Waals surface area contributed by atoms with Gasteiger partial charge in [-0.3, -0.25) is 10.3 Å². The van der Waals surface area contributed by atoms with Crippen molar-refractivity contribution in [1.82, 2.24) is 14.9 Å². The summed E-state index contributed by atoms with van der Waals surface area (Å²) in [6.45, 7) is 19.5. The summed E-state index contributed by atoms with van der Waals surface area (Å²) in [5.41, 5.74) is 9.68. The molecule has 8 nitrogen and oxygen atoms in total. The van der Waals surface area contributed by atoms with E-state index in [1.807, 2.05) is 19.9 Å². The molecular formula is C31H50N6O2. The highest BCUT2D eigenvalue weighted by Gasteiger charge is 2.19. The predicted molar refractivity (Wildman–Crippen MR) is 163 cm³/mol. The van der Waals surface area contributed by atoms with E-state index in [1.54, 1.807) is 0 Å². The normalized spacial score (nSPS) is 16.3. The molecule has 4 rings (SSSR count). The number of anilines is 2. The van der Waals surface area contributed by atoms with Crippen molar-refractivity contribution in [3.63, 3.8) is 0 Å². The zero-order chi connectivity index (χ0) is 28.0. The smallest absolute Gasteiger partial charge is 0.320 e. The third kappa shape index (κ3) is 9.17. The third-order valence-corrected chi connectivity index (χ3v) is 7.11. The van der Waals surface area contributed by atoms with E-state index in [1.165, 1.54) is 22.3 Å². The number of unbranched alkanes of at least 4 members (excludes halogenated alkanes) is 1. The number of ether oxygens (including phenoxy) is 2. The molecule has 39 heavy (non-hydrogen) atoms. The van der Waals surface area contributed by atoms with E-state index in [2.05, 4.69) is 55.1 Å². The van der Waals surface area contributed by atoms with Gasteiger partial charge in [0.05, 0.1) is 18.9 Å². The van der Waals surface area contributed by atoms with Crippen LogP contribution in [0.3, 0.4) is 0 Å². The minimum absolute atomic E-state index is 0.404. The number of rotatable bonds is 12. The minimum atomic E-state index is 0.404. The van der Waals surface area contributed by atoms with Gasteiger partial charge in [-0.15, -0.1) is 0 Å². The molecule has 0 radical (unpaired) electrons. The average molecular weight is 539 g/mol. The number of morpholine rings is 1. The molecule has 8 heteroatoms. The molecular weight excluding hydrogens is 488 g/mol. The number of nitrogens with zero attached hydrogens (tertiary/aromatic N) is 5. The fourth-order valence-corrected chi connectivity index (χ4v) is 5.14. The molecule has 1 aliphatic heterocycles. The van der Waals surface area contributed by atoms with Crippen LogP contribution < -0.4 is 15.1 Å². The van der Waals surface area contributed by atoms with Crippen molar-refractivity contribution in [2.45, 2.75) is 80.1 Å². The van der Waals surface area contributed by atoms with Crippen LogP contribution in [0.1, 0.15) is 82.1 Å². The highest BCUT2D eigenvalue weighted by Crippen LogP contribution is 2.27. The maximum Gasteiger partial charge on any atom is 0.320 e. The van der Waals surface area contributed by atoms with Crippen LogP contribution >= 0.6 is 0 Å². The van der Waals surface area contributed by atoms with Gasteiger partial charge < -0.3 is 14.4 Å². The Balaban J connectivity index is 0.00000205. The second-order valence-electron chi connectivity index (χ2n) is 10.2. The van der Waals surface area contributed by atoms with Crippen LogP contribution in [0.25, 0.3) is 0 Å². The molecule has 1 saturated heterocycles. The zero-order valence-electron chi connectivity index (χ0n) is 25.2. The van der Waals surface area contributed by atoms with Crippen LogP contribution in [0.4, 0.5) is 11.6 Å². The minimum Gasteiger partial charge on any atom is -0.462 e. The molecule has 0 amide bonds. The lowest BCUT2D eigenvalue weighted by atomic mass is 9.86. The van der Waals surface area contributed by atoms with Crippen LogP contribution in [0.5, 0.6) is 6.01 Å². The number of benzene rings is 1. The van der Waals surface area contributed by atoms with Crippen molar-refractivity contribution in [3.05, 3.63) is 40.5 Å². The lowest BCUT2D eigenvalue weighted by Gasteiger charge is -2.26. The first-order valence-corrected chi connectivity index (χ1v) is 15.1. The summed E-state index contributed by atoms with van der Waals surface area (Å²) in [5.74, 6) is 1.57. The fraction of sp³-hybridized carbons (Fsp3) is 0.645. The molecule has 1 aliphatic carbocycles. The summed E-state index contributed by atoms with van der Waals surface area (Å²) in [4.78, 5) is 14.2. The number of hydrogen-bond donors (Lipinski definition) is 1. The Bertz CT molecular complexity index is 1050. The molecule has 0 unspecified atom stereocenters. The number of aromatic nitrogens is 2. The monoisotopic (exact) mass is 538 g/mol. The lowest BCUT2D eigenvalue weighted by Crippen LogP contribution is -2.38. The summed E-state index contributed by atoms with van der Waals surface area (Å²) < 4.78 is 11.5. The molecule has 0 spiro atoms. The maximum absolute atomic E-state index is 6.08. The molecule has 0 saturated carbocycles. The average Bonchev–Trinajstić information content (AvgIpc) is 2.96. The Kier molecular flexibility index (Phi) is 13.0. The van der Waals surface area contributed by atoms with Gasteiger partial charge in [-0.05, 0) is 63.1 Å². The Hall–Kier alpha value is -2.71. The van der Waals surface area contributed by atoms with Gasteiger partial charge in [0, 0.05) is 44.4 Å². The highest BCUT2D eigenvalue weighted by molar-refractivity contribution is 6.03. The SMILES string of the molecule is CC.CCCCN(CCC)c1cc(N/N=C2\CCCc3c(C)cc(C)cc32)nc(OCCN2CCOCC2)n1. The topological polar surface area (TPSA) is 75.1 Å². The van der Waals surface area contributed by atoms with Gasteiger partial charge in [0.25, 0.3) is 0 Å². The van der Waals surface area contributed by atoms with Crippen molar-refractivity contribution < 1.29 is 9.47 Å². The predicted octanol–water partition coefficient (Wildman–Crippen LogP) is 6.00. The Labute approximate surface area is 236 Å². The van der Waals surface area contributed by atoms with E-state index in [4.69, 9.17) is 24.5 Å². The molecule has 1 N–H and O–H groups in total. The second-order valence-corrected chi connectivity index (χ2v) is 10.2. The Morgan fingerprint density at radius 3 is 2.56 bits per heavy atom. The largest absolute Gasteiger partial charge is 0.462 e. The van der Waals surface area contributed by atoms with Gasteiger partial charge in [0.2, 0.25) is 0 Å². The summed E-state index contributed by atoms with van der Waals surface area (Å²) in [6, 6.07) is 6.95. The van der Waals surface area contributed by atoms with E-state index >= 15 is 0 Å². The van der Waals surface area contributed by atoms with Crippen LogP contribution in [-0.2, 0) is 11.2 Å². The van der Waals surface area contributed by atoms with Gasteiger partial charge in [-0.25, -0.2) is 0 Å². The molecule has 1 fully saturated rings. The molecule has 216 valence electrons. The highest BCUT2D eigenvalue weighted by atomic mass is 16.5. The van der Waals surface area contributed by atoms with E-state index in [-0.39, 0.29) is 0 Å². The summed E-state index contributed by atoms with van der Waals surface area (Å²) in [7, 11) is 0. The van der Waals surface area contributed by atoms with Crippen molar-refractivity contribution in [3.8, 4) is 6.01 Å². The first kappa shape index (κ1) is 30.8. The summed E-state index contributed by atoms with van der Waals surface area (Å²) in [6.07, 6.45) is 6.51. The first-order valence-electron chi connectivity index (χ1n) is 15.1. The van der Waals surface area contributed by atoms with Gasteiger partial charge in [0.15, 0.2) is 5.82 Å². The van der Waals surface area contributed by atoms with Gasteiger partial charge in [0.1, 0.15) is 12.4 Å². The van der Waals surface area contributed by atoms with Crippen LogP contribution in [0.2, 0.25) is 0 Å². The van der Waals surface area contributed by atoms with E-state index in [9.17, 15) is 0 Å². The molecule has 0 atom stereocenters. The number of nitrogens with one attached hydrogen (secondary N) is 1. The summed E-state index contributed by atoms with van der Waals surface area (Å²) >= 11 is 0. The van der Waals surface area contributed by atoms with Gasteiger partial charge in [-0.2, -0.15) is 15.1 Å².